The molecule has 0 spiro atoms. The molecule has 11 heavy (non-hydrogen) atoms. The van der Waals surface area contributed by atoms with E-state index in [1.54, 1.807) is 0 Å². The average molecular weight is 153 g/mol. The maximum atomic E-state index is 10.5. The molecular weight excluding hydrogens is 142 g/mol. The Bertz CT molecular complexity index is 222. The number of carboxylic acid groups (broad SMARTS) is 1. The fourth-order valence-corrected chi connectivity index (χ4v) is 1.89. The summed E-state index contributed by atoms with van der Waals surface area (Å²) in [5, 5.41) is 11.7. The minimum Gasteiger partial charge on any atom is -0.480 e. The lowest BCUT2D eigenvalue weighted by atomic mass is 10.0. The van der Waals surface area contributed by atoms with Crippen LogP contribution in [0.25, 0.3) is 0 Å². The molecule has 2 rings (SSSR count). The molecular formula is C8H11NO2. The maximum absolute atomic E-state index is 10.5. The highest BCUT2D eigenvalue weighted by Crippen LogP contribution is 2.33. The van der Waals surface area contributed by atoms with Gasteiger partial charge >= 0.3 is 5.97 Å². The fraction of sp³-hybridized carbons (Fsp3) is 0.625. The molecule has 0 amide bonds. The maximum Gasteiger partial charge on any atom is 0.326 e. The molecule has 0 bridgehead atoms. The van der Waals surface area contributed by atoms with Crippen molar-refractivity contribution >= 4 is 5.97 Å². The summed E-state index contributed by atoms with van der Waals surface area (Å²) in [5.41, 5.74) is 1.16. The van der Waals surface area contributed by atoms with E-state index in [9.17, 15) is 4.79 Å². The Kier molecular flexibility index (Phi) is 1.37. The summed E-state index contributed by atoms with van der Waals surface area (Å²) in [5.74, 6) is -0.212. The van der Waals surface area contributed by atoms with Gasteiger partial charge in [0, 0.05) is 11.6 Å². The first-order chi connectivity index (χ1) is 5.27. The molecule has 1 saturated heterocycles. The summed E-state index contributed by atoms with van der Waals surface area (Å²) in [4.78, 5) is 10.5. The van der Waals surface area contributed by atoms with Crippen molar-refractivity contribution in [1.82, 2.24) is 5.32 Å². The van der Waals surface area contributed by atoms with Crippen molar-refractivity contribution < 1.29 is 9.90 Å². The highest BCUT2D eigenvalue weighted by Gasteiger charge is 2.34. The lowest BCUT2D eigenvalue weighted by Gasteiger charge is -2.03. The van der Waals surface area contributed by atoms with Crippen molar-refractivity contribution in [2.24, 2.45) is 5.92 Å². The van der Waals surface area contributed by atoms with E-state index >= 15 is 0 Å². The second kappa shape index (κ2) is 2.26. The van der Waals surface area contributed by atoms with Gasteiger partial charge in [0.05, 0.1) is 0 Å². The largest absolute Gasteiger partial charge is 0.480 e. The Hall–Kier alpha value is -0.990. The Morgan fingerprint density at radius 2 is 2.55 bits per heavy atom. The fourth-order valence-electron chi connectivity index (χ4n) is 1.89. The smallest absolute Gasteiger partial charge is 0.326 e. The second-order valence-corrected chi connectivity index (χ2v) is 3.20. The number of carbonyl (C=O) groups is 1. The molecule has 1 aliphatic carbocycles. The van der Waals surface area contributed by atoms with Crippen LogP contribution in [0.5, 0.6) is 0 Å². The molecule has 2 aliphatic rings. The van der Waals surface area contributed by atoms with Crippen LogP contribution in [0.4, 0.5) is 0 Å². The molecule has 2 N–H and O–H groups in total. The third-order valence-corrected chi connectivity index (χ3v) is 2.48. The van der Waals surface area contributed by atoms with Crippen LogP contribution in [0.15, 0.2) is 11.8 Å². The lowest BCUT2D eigenvalue weighted by molar-refractivity contribution is -0.139. The number of carboxylic acids is 1. The molecule has 1 fully saturated rings. The molecule has 0 radical (unpaired) electrons. The number of aliphatic carboxylic acids is 1. The van der Waals surface area contributed by atoms with E-state index in [1.165, 1.54) is 0 Å². The van der Waals surface area contributed by atoms with Crippen LogP contribution in [-0.2, 0) is 4.79 Å². The van der Waals surface area contributed by atoms with E-state index in [-0.39, 0.29) is 6.04 Å². The normalized spacial score (nSPS) is 34.4. The Balaban J connectivity index is 2.09. The molecule has 3 nitrogen and oxygen atoms in total. The van der Waals surface area contributed by atoms with Gasteiger partial charge in [-0.25, -0.2) is 4.79 Å². The number of hydrogen-bond acceptors (Lipinski definition) is 2. The predicted octanol–water partition coefficient (Wildman–Crippen LogP) is 0.727. The van der Waals surface area contributed by atoms with Crippen LogP contribution in [0.1, 0.15) is 19.3 Å². The molecule has 2 unspecified atom stereocenters. The quantitative estimate of drug-likeness (QED) is 0.583. The van der Waals surface area contributed by atoms with Crippen molar-refractivity contribution in [3.63, 3.8) is 0 Å². The Morgan fingerprint density at radius 3 is 3.18 bits per heavy atom. The van der Waals surface area contributed by atoms with Gasteiger partial charge in [0.2, 0.25) is 0 Å². The van der Waals surface area contributed by atoms with Gasteiger partial charge in [-0.15, -0.1) is 0 Å². The molecule has 3 heteroatoms. The molecule has 0 aromatic carbocycles. The van der Waals surface area contributed by atoms with E-state index in [1.807, 2.05) is 0 Å². The topological polar surface area (TPSA) is 49.3 Å². The summed E-state index contributed by atoms with van der Waals surface area (Å²) in [6.07, 6.45) is 5.14. The third-order valence-electron chi connectivity index (χ3n) is 2.48. The van der Waals surface area contributed by atoms with Crippen LogP contribution < -0.4 is 5.32 Å². The van der Waals surface area contributed by atoms with Gasteiger partial charge in [-0.2, -0.15) is 0 Å². The number of allylic oxidation sites excluding steroid dienone is 2. The first-order valence-corrected chi connectivity index (χ1v) is 3.97. The van der Waals surface area contributed by atoms with Crippen LogP contribution in [0.2, 0.25) is 0 Å². The van der Waals surface area contributed by atoms with Crippen molar-refractivity contribution in [2.45, 2.75) is 25.3 Å². The third kappa shape index (κ3) is 1.00. The van der Waals surface area contributed by atoms with E-state index in [0.717, 1.165) is 25.0 Å². The van der Waals surface area contributed by atoms with Gasteiger partial charge in [-0.05, 0) is 19.3 Å². The first kappa shape index (κ1) is 6.70. The van der Waals surface area contributed by atoms with Gasteiger partial charge in [0.1, 0.15) is 6.04 Å². The molecule has 2 atom stereocenters. The van der Waals surface area contributed by atoms with Crippen LogP contribution in [0, 0.1) is 5.92 Å². The van der Waals surface area contributed by atoms with Gasteiger partial charge in [0.25, 0.3) is 0 Å². The molecule has 0 aromatic rings. The van der Waals surface area contributed by atoms with Gasteiger partial charge in [-0.3, -0.25) is 0 Å². The van der Waals surface area contributed by atoms with Crippen molar-refractivity contribution in [3.05, 3.63) is 11.8 Å². The molecule has 0 saturated carbocycles. The minimum atomic E-state index is -0.722. The SMILES string of the molecule is O=C(O)C1CC2CCC=C2N1. The minimum absolute atomic E-state index is 0.327. The van der Waals surface area contributed by atoms with Crippen molar-refractivity contribution in [1.29, 1.82) is 0 Å². The van der Waals surface area contributed by atoms with Crippen molar-refractivity contribution in [3.8, 4) is 0 Å². The summed E-state index contributed by atoms with van der Waals surface area (Å²) < 4.78 is 0. The zero-order valence-corrected chi connectivity index (χ0v) is 6.21. The Labute approximate surface area is 65.1 Å². The Morgan fingerprint density at radius 1 is 1.73 bits per heavy atom. The summed E-state index contributed by atoms with van der Waals surface area (Å²) in [7, 11) is 0. The summed E-state index contributed by atoms with van der Waals surface area (Å²) >= 11 is 0. The van der Waals surface area contributed by atoms with E-state index in [0.29, 0.717) is 5.92 Å². The molecule has 60 valence electrons. The lowest BCUT2D eigenvalue weighted by Crippen LogP contribution is -2.29. The van der Waals surface area contributed by atoms with E-state index < -0.39 is 5.97 Å². The predicted molar refractivity (Wildman–Crippen MR) is 40.0 cm³/mol. The van der Waals surface area contributed by atoms with Crippen LogP contribution in [0.3, 0.4) is 0 Å². The van der Waals surface area contributed by atoms with Gasteiger partial charge in [0.15, 0.2) is 0 Å². The molecule has 1 heterocycles. The van der Waals surface area contributed by atoms with Crippen LogP contribution in [-0.4, -0.2) is 17.1 Å². The van der Waals surface area contributed by atoms with E-state index in [2.05, 4.69) is 11.4 Å². The van der Waals surface area contributed by atoms with Gasteiger partial charge in [-0.1, -0.05) is 6.08 Å². The number of fused-ring (bicyclic) bond motifs is 1. The van der Waals surface area contributed by atoms with E-state index in [4.69, 9.17) is 5.11 Å². The highest BCUT2D eigenvalue weighted by molar-refractivity contribution is 5.74. The first-order valence-electron chi connectivity index (χ1n) is 3.97. The van der Waals surface area contributed by atoms with Gasteiger partial charge < -0.3 is 10.4 Å². The summed E-state index contributed by atoms with van der Waals surface area (Å²) in [6, 6.07) is -0.327. The molecule has 0 aromatic heterocycles. The number of rotatable bonds is 1. The monoisotopic (exact) mass is 153 g/mol. The van der Waals surface area contributed by atoms with Crippen LogP contribution >= 0.6 is 0 Å². The number of hydrogen-bond donors (Lipinski definition) is 2. The average Bonchev–Trinajstić information content (AvgIpc) is 2.40. The standard InChI is InChI=1S/C8H11NO2/c10-8(11)7-4-5-2-1-3-6(5)9-7/h3,5,7,9H,1-2,4H2,(H,10,11). The molecule has 1 aliphatic heterocycles. The number of nitrogens with one attached hydrogen (secondary N) is 1. The summed E-state index contributed by atoms with van der Waals surface area (Å²) in [6.45, 7) is 0. The van der Waals surface area contributed by atoms with Crippen molar-refractivity contribution in [2.75, 3.05) is 0 Å². The second-order valence-electron chi connectivity index (χ2n) is 3.20. The zero-order chi connectivity index (χ0) is 7.84. The zero-order valence-electron chi connectivity index (χ0n) is 6.21. The highest BCUT2D eigenvalue weighted by atomic mass is 16.4.